The SMILES string of the molecule is CC(C)Oc1cccnc1N(CCN)C1CCCCC1. The first-order chi connectivity index (χ1) is 9.72. The van der Waals surface area contributed by atoms with Crippen molar-refractivity contribution in [2.45, 2.75) is 58.1 Å². The number of nitrogens with zero attached hydrogens (tertiary/aromatic N) is 2. The fourth-order valence-corrected chi connectivity index (χ4v) is 2.94. The van der Waals surface area contributed by atoms with Crippen LogP contribution in [0.2, 0.25) is 0 Å². The molecule has 2 rings (SSSR count). The Morgan fingerprint density at radius 2 is 2.10 bits per heavy atom. The van der Waals surface area contributed by atoms with E-state index in [-0.39, 0.29) is 6.10 Å². The first-order valence-electron chi connectivity index (χ1n) is 7.80. The third-order valence-electron chi connectivity index (χ3n) is 3.77. The lowest BCUT2D eigenvalue weighted by atomic mass is 9.94. The van der Waals surface area contributed by atoms with Crippen LogP contribution in [0.4, 0.5) is 5.82 Å². The van der Waals surface area contributed by atoms with Gasteiger partial charge in [-0.3, -0.25) is 0 Å². The predicted octanol–water partition coefficient (Wildman–Crippen LogP) is 2.97. The van der Waals surface area contributed by atoms with Crippen molar-refractivity contribution >= 4 is 5.82 Å². The largest absolute Gasteiger partial charge is 0.487 e. The summed E-state index contributed by atoms with van der Waals surface area (Å²) in [6.45, 7) is 5.58. The van der Waals surface area contributed by atoms with Crippen LogP contribution >= 0.6 is 0 Å². The number of anilines is 1. The summed E-state index contributed by atoms with van der Waals surface area (Å²) in [4.78, 5) is 6.93. The van der Waals surface area contributed by atoms with E-state index in [9.17, 15) is 0 Å². The zero-order chi connectivity index (χ0) is 14.4. The van der Waals surface area contributed by atoms with Crippen molar-refractivity contribution in [3.05, 3.63) is 18.3 Å². The molecule has 0 unspecified atom stereocenters. The number of pyridine rings is 1. The first kappa shape index (κ1) is 15.1. The van der Waals surface area contributed by atoms with Crippen molar-refractivity contribution in [2.75, 3.05) is 18.0 Å². The zero-order valence-electron chi connectivity index (χ0n) is 12.7. The predicted molar refractivity (Wildman–Crippen MR) is 83.3 cm³/mol. The molecule has 0 amide bonds. The molecule has 0 spiro atoms. The molecule has 4 nitrogen and oxygen atoms in total. The smallest absolute Gasteiger partial charge is 0.171 e. The summed E-state index contributed by atoms with van der Waals surface area (Å²) in [6, 6.07) is 4.49. The quantitative estimate of drug-likeness (QED) is 0.868. The van der Waals surface area contributed by atoms with Gasteiger partial charge >= 0.3 is 0 Å². The van der Waals surface area contributed by atoms with Gasteiger partial charge < -0.3 is 15.4 Å². The Hall–Kier alpha value is -1.29. The van der Waals surface area contributed by atoms with E-state index in [4.69, 9.17) is 10.5 Å². The van der Waals surface area contributed by atoms with Crippen molar-refractivity contribution < 1.29 is 4.74 Å². The van der Waals surface area contributed by atoms with Crippen LogP contribution in [-0.2, 0) is 0 Å². The van der Waals surface area contributed by atoms with E-state index in [1.165, 1.54) is 32.1 Å². The molecule has 0 aromatic carbocycles. The fourth-order valence-electron chi connectivity index (χ4n) is 2.94. The molecule has 0 bridgehead atoms. The van der Waals surface area contributed by atoms with Gasteiger partial charge in [0.25, 0.3) is 0 Å². The standard InChI is InChI=1S/C16H27N3O/c1-13(2)20-15-9-6-11-18-16(15)19(12-10-17)14-7-4-3-5-8-14/h6,9,11,13-14H,3-5,7-8,10,12,17H2,1-2H3. The number of rotatable bonds is 6. The Morgan fingerprint density at radius 3 is 2.75 bits per heavy atom. The number of nitrogens with two attached hydrogens (primary N) is 1. The van der Waals surface area contributed by atoms with Gasteiger partial charge in [-0.25, -0.2) is 4.98 Å². The van der Waals surface area contributed by atoms with Gasteiger partial charge in [-0.1, -0.05) is 19.3 Å². The van der Waals surface area contributed by atoms with E-state index in [0.29, 0.717) is 12.6 Å². The molecular formula is C16H27N3O. The van der Waals surface area contributed by atoms with E-state index in [1.807, 2.05) is 32.2 Å². The van der Waals surface area contributed by atoms with E-state index in [0.717, 1.165) is 18.1 Å². The molecule has 20 heavy (non-hydrogen) atoms. The first-order valence-corrected chi connectivity index (χ1v) is 7.80. The fraction of sp³-hybridized carbons (Fsp3) is 0.688. The summed E-state index contributed by atoms with van der Waals surface area (Å²) < 4.78 is 5.92. The maximum atomic E-state index is 5.92. The molecule has 2 N–H and O–H groups in total. The van der Waals surface area contributed by atoms with Crippen molar-refractivity contribution in [2.24, 2.45) is 5.73 Å². The minimum absolute atomic E-state index is 0.157. The van der Waals surface area contributed by atoms with Gasteiger partial charge in [0.1, 0.15) is 0 Å². The second-order valence-corrected chi connectivity index (χ2v) is 5.77. The third kappa shape index (κ3) is 3.85. The van der Waals surface area contributed by atoms with E-state index < -0.39 is 0 Å². The summed E-state index contributed by atoms with van der Waals surface area (Å²) in [7, 11) is 0. The second-order valence-electron chi connectivity index (χ2n) is 5.77. The molecule has 1 fully saturated rings. The number of ether oxygens (including phenoxy) is 1. The molecule has 0 saturated heterocycles. The summed E-state index contributed by atoms with van der Waals surface area (Å²) in [5.41, 5.74) is 5.81. The van der Waals surface area contributed by atoms with Gasteiger partial charge in [0.2, 0.25) is 0 Å². The van der Waals surface area contributed by atoms with E-state index >= 15 is 0 Å². The summed E-state index contributed by atoms with van der Waals surface area (Å²) in [5, 5.41) is 0. The molecular weight excluding hydrogens is 250 g/mol. The lowest BCUT2D eigenvalue weighted by Gasteiger charge is -2.36. The average molecular weight is 277 g/mol. The maximum absolute atomic E-state index is 5.92. The van der Waals surface area contributed by atoms with Gasteiger partial charge in [-0.2, -0.15) is 0 Å². The van der Waals surface area contributed by atoms with Crippen molar-refractivity contribution in [1.29, 1.82) is 0 Å². The highest BCUT2D eigenvalue weighted by Crippen LogP contribution is 2.32. The molecule has 112 valence electrons. The second kappa shape index (κ2) is 7.48. The Morgan fingerprint density at radius 1 is 1.35 bits per heavy atom. The Labute approximate surface area is 122 Å². The topological polar surface area (TPSA) is 51.4 Å². The molecule has 1 saturated carbocycles. The van der Waals surface area contributed by atoms with Crippen LogP contribution in [-0.4, -0.2) is 30.2 Å². The number of hydrogen-bond donors (Lipinski definition) is 1. The Bertz CT molecular complexity index is 402. The Kier molecular flexibility index (Phi) is 5.65. The van der Waals surface area contributed by atoms with Crippen LogP contribution in [0, 0.1) is 0 Å². The van der Waals surface area contributed by atoms with Crippen LogP contribution in [0.25, 0.3) is 0 Å². The molecule has 0 aliphatic heterocycles. The number of hydrogen-bond acceptors (Lipinski definition) is 4. The van der Waals surface area contributed by atoms with Crippen LogP contribution in [0.5, 0.6) is 5.75 Å². The molecule has 0 radical (unpaired) electrons. The van der Waals surface area contributed by atoms with Crippen LogP contribution < -0.4 is 15.4 Å². The van der Waals surface area contributed by atoms with Crippen LogP contribution in [0.15, 0.2) is 18.3 Å². The van der Waals surface area contributed by atoms with Crippen molar-refractivity contribution in [1.82, 2.24) is 4.98 Å². The average Bonchev–Trinajstić information content (AvgIpc) is 2.46. The highest BCUT2D eigenvalue weighted by atomic mass is 16.5. The molecule has 1 aromatic heterocycles. The molecule has 1 aromatic rings. The molecule has 0 atom stereocenters. The van der Waals surface area contributed by atoms with E-state index in [2.05, 4.69) is 9.88 Å². The lowest BCUT2D eigenvalue weighted by Crippen LogP contribution is -2.41. The Balaban J connectivity index is 2.23. The highest BCUT2D eigenvalue weighted by Gasteiger charge is 2.24. The minimum atomic E-state index is 0.157. The summed E-state index contributed by atoms with van der Waals surface area (Å²) in [6.07, 6.45) is 8.43. The van der Waals surface area contributed by atoms with Gasteiger partial charge in [0, 0.05) is 25.3 Å². The monoisotopic (exact) mass is 277 g/mol. The van der Waals surface area contributed by atoms with Crippen LogP contribution in [0.3, 0.4) is 0 Å². The molecule has 1 heterocycles. The zero-order valence-corrected chi connectivity index (χ0v) is 12.7. The van der Waals surface area contributed by atoms with Crippen molar-refractivity contribution in [3.63, 3.8) is 0 Å². The molecule has 1 aliphatic carbocycles. The normalized spacial score (nSPS) is 16.4. The highest BCUT2D eigenvalue weighted by molar-refractivity contribution is 5.53. The van der Waals surface area contributed by atoms with Gasteiger partial charge in [0.05, 0.1) is 6.10 Å². The summed E-state index contributed by atoms with van der Waals surface area (Å²) in [5.74, 6) is 1.83. The third-order valence-corrected chi connectivity index (χ3v) is 3.77. The van der Waals surface area contributed by atoms with Gasteiger partial charge in [-0.15, -0.1) is 0 Å². The molecule has 1 aliphatic rings. The number of aromatic nitrogens is 1. The lowest BCUT2D eigenvalue weighted by molar-refractivity contribution is 0.241. The summed E-state index contributed by atoms with van der Waals surface area (Å²) >= 11 is 0. The van der Waals surface area contributed by atoms with Crippen LogP contribution in [0.1, 0.15) is 46.0 Å². The minimum Gasteiger partial charge on any atom is -0.487 e. The maximum Gasteiger partial charge on any atom is 0.171 e. The van der Waals surface area contributed by atoms with Crippen molar-refractivity contribution in [3.8, 4) is 5.75 Å². The molecule has 4 heteroatoms. The van der Waals surface area contributed by atoms with Gasteiger partial charge in [0.15, 0.2) is 11.6 Å². The van der Waals surface area contributed by atoms with E-state index in [1.54, 1.807) is 0 Å². The van der Waals surface area contributed by atoms with Gasteiger partial charge in [-0.05, 0) is 38.8 Å².